The third-order valence-electron chi connectivity index (χ3n) is 3.99. The smallest absolute Gasteiger partial charge is 0.216 e. The van der Waals surface area contributed by atoms with Crippen molar-refractivity contribution >= 4 is 34.4 Å². The number of nitrogens with one attached hydrogen (secondary N) is 1. The predicted molar refractivity (Wildman–Crippen MR) is 114 cm³/mol. The van der Waals surface area contributed by atoms with E-state index in [0.717, 1.165) is 46.4 Å². The number of unbranched alkanes of at least 4 members (excludes halogenated alkanes) is 1. The second kappa shape index (κ2) is 9.62. The zero-order valence-corrected chi connectivity index (χ0v) is 17.5. The first kappa shape index (κ1) is 19.5. The lowest BCUT2D eigenvalue weighted by atomic mass is 10.2. The number of rotatable bonds is 8. The van der Waals surface area contributed by atoms with Crippen LogP contribution in [0.25, 0.3) is 0 Å². The highest BCUT2D eigenvalue weighted by molar-refractivity contribution is 9.10. The Bertz CT molecular complexity index is 945. The van der Waals surface area contributed by atoms with Crippen molar-refractivity contribution in [2.45, 2.75) is 32.8 Å². The molecule has 1 aromatic heterocycles. The van der Waals surface area contributed by atoms with Crippen molar-refractivity contribution in [3.63, 3.8) is 0 Å². The lowest BCUT2D eigenvalue weighted by molar-refractivity contribution is 0.306. The van der Waals surface area contributed by atoms with Gasteiger partial charge >= 0.3 is 0 Å². The van der Waals surface area contributed by atoms with Gasteiger partial charge in [0.15, 0.2) is 5.82 Å². The largest absolute Gasteiger partial charge is 0.489 e. The number of aromatic amines is 1. The molecule has 7 heteroatoms. The van der Waals surface area contributed by atoms with Crippen LogP contribution in [0.3, 0.4) is 0 Å². The van der Waals surface area contributed by atoms with Crippen LogP contribution in [0.4, 0.5) is 0 Å². The van der Waals surface area contributed by atoms with E-state index in [-0.39, 0.29) is 0 Å². The van der Waals surface area contributed by atoms with E-state index < -0.39 is 0 Å². The molecule has 0 atom stereocenters. The van der Waals surface area contributed by atoms with E-state index >= 15 is 0 Å². The van der Waals surface area contributed by atoms with Gasteiger partial charge in [0, 0.05) is 10.9 Å². The summed E-state index contributed by atoms with van der Waals surface area (Å²) in [7, 11) is 0. The number of ether oxygens (including phenoxy) is 1. The van der Waals surface area contributed by atoms with Crippen molar-refractivity contribution in [2.75, 3.05) is 0 Å². The number of aromatic nitrogens is 3. The third kappa shape index (κ3) is 5.61. The Labute approximate surface area is 172 Å². The first-order valence-electron chi connectivity index (χ1n) is 8.83. The van der Waals surface area contributed by atoms with Crippen LogP contribution >= 0.6 is 28.1 Å². The van der Waals surface area contributed by atoms with E-state index in [2.05, 4.69) is 38.2 Å². The monoisotopic (exact) mass is 444 g/mol. The second-order valence-corrected chi connectivity index (χ2v) is 7.39. The number of benzene rings is 2. The minimum absolute atomic E-state index is 0.506. The molecule has 0 bridgehead atoms. The molecule has 27 heavy (non-hydrogen) atoms. The lowest BCUT2D eigenvalue weighted by Crippen LogP contribution is -1.99. The van der Waals surface area contributed by atoms with Crippen molar-refractivity contribution < 1.29 is 4.74 Å². The van der Waals surface area contributed by atoms with E-state index in [1.165, 1.54) is 0 Å². The number of nitrogens with zero attached hydrogens (tertiary/aromatic N) is 3. The molecule has 2 aromatic carbocycles. The Morgan fingerprint density at radius 2 is 1.93 bits per heavy atom. The summed E-state index contributed by atoms with van der Waals surface area (Å²) in [6, 6.07) is 15.9. The molecule has 5 nitrogen and oxygen atoms in total. The van der Waals surface area contributed by atoms with Crippen molar-refractivity contribution in [2.24, 2.45) is 5.10 Å². The van der Waals surface area contributed by atoms with E-state index in [0.29, 0.717) is 11.4 Å². The fourth-order valence-electron chi connectivity index (χ4n) is 2.46. The lowest BCUT2D eigenvalue weighted by Gasteiger charge is -2.06. The van der Waals surface area contributed by atoms with Crippen LogP contribution in [0.2, 0.25) is 0 Å². The molecule has 0 spiro atoms. The molecule has 0 amide bonds. The quantitative estimate of drug-likeness (QED) is 0.368. The zero-order valence-electron chi connectivity index (χ0n) is 15.1. The molecule has 0 unspecified atom stereocenters. The number of hydrogen-bond acceptors (Lipinski definition) is 4. The molecule has 3 rings (SSSR count). The Balaban J connectivity index is 1.62. The highest BCUT2D eigenvalue weighted by atomic mass is 79.9. The van der Waals surface area contributed by atoms with Crippen LogP contribution in [0.15, 0.2) is 58.1 Å². The van der Waals surface area contributed by atoms with E-state index in [1.54, 1.807) is 10.9 Å². The predicted octanol–water partition coefficient (Wildman–Crippen LogP) is 5.51. The molecule has 0 aliphatic rings. The van der Waals surface area contributed by atoms with Gasteiger partial charge < -0.3 is 4.74 Å². The first-order valence-corrected chi connectivity index (χ1v) is 10.0. The topological polar surface area (TPSA) is 55.2 Å². The average Bonchev–Trinajstić information content (AvgIpc) is 3.04. The van der Waals surface area contributed by atoms with Gasteiger partial charge in [-0.15, -0.1) is 0 Å². The van der Waals surface area contributed by atoms with Gasteiger partial charge in [-0.2, -0.15) is 14.9 Å². The van der Waals surface area contributed by atoms with Gasteiger partial charge in [0.05, 0.1) is 6.21 Å². The summed E-state index contributed by atoms with van der Waals surface area (Å²) < 4.78 is 9.07. The highest BCUT2D eigenvalue weighted by Crippen LogP contribution is 2.15. The van der Waals surface area contributed by atoms with Crippen LogP contribution in [-0.4, -0.2) is 21.1 Å². The van der Waals surface area contributed by atoms with Gasteiger partial charge in [0.2, 0.25) is 4.77 Å². The van der Waals surface area contributed by atoms with Crippen LogP contribution < -0.4 is 4.74 Å². The van der Waals surface area contributed by atoms with Crippen LogP contribution in [0.5, 0.6) is 5.75 Å². The molecule has 1 heterocycles. The highest BCUT2D eigenvalue weighted by Gasteiger charge is 2.04. The molecular weight excluding hydrogens is 424 g/mol. The molecule has 0 saturated carbocycles. The molecule has 0 saturated heterocycles. The van der Waals surface area contributed by atoms with Gasteiger partial charge in [-0.25, -0.2) is 0 Å². The molecular formula is C20H21BrN4OS. The molecule has 140 valence electrons. The Morgan fingerprint density at radius 3 is 2.63 bits per heavy atom. The normalized spacial score (nSPS) is 11.2. The van der Waals surface area contributed by atoms with Crippen LogP contribution in [-0.2, 0) is 13.0 Å². The van der Waals surface area contributed by atoms with Gasteiger partial charge in [0.25, 0.3) is 0 Å². The van der Waals surface area contributed by atoms with Crippen molar-refractivity contribution in [1.82, 2.24) is 14.9 Å². The SMILES string of the molecule is CCCCc1n[nH]c(=S)n1/N=C/c1ccc(OCc2ccc(Br)cc2)cc1. The number of H-pyrrole nitrogens is 1. The van der Waals surface area contributed by atoms with Gasteiger partial charge in [-0.1, -0.05) is 41.4 Å². The summed E-state index contributed by atoms with van der Waals surface area (Å²) in [5, 5.41) is 11.5. The third-order valence-corrected chi connectivity index (χ3v) is 4.79. The maximum Gasteiger partial charge on any atom is 0.216 e. The Kier molecular flexibility index (Phi) is 6.95. The second-order valence-electron chi connectivity index (χ2n) is 6.09. The molecule has 3 aromatic rings. The summed E-state index contributed by atoms with van der Waals surface area (Å²) in [5.74, 6) is 1.67. The number of halogens is 1. The summed E-state index contributed by atoms with van der Waals surface area (Å²) in [6.07, 6.45) is 4.79. The maximum atomic E-state index is 5.82. The summed E-state index contributed by atoms with van der Waals surface area (Å²) in [6.45, 7) is 2.68. The summed E-state index contributed by atoms with van der Waals surface area (Å²) >= 11 is 8.69. The van der Waals surface area contributed by atoms with Crippen molar-refractivity contribution in [3.05, 3.63) is 74.7 Å². The zero-order chi connectivity index (χ0) is 19.1. The van der Waals surface area contributed by atoms with E-state index in [9.17, 15) is 0 Å². The molecule has 0 fully saturated rings. The fourth-order valence-corrected chi connectivity index (χ4v) is 2.92. The number of aryl methyl sites for hydroxylation is 1. The fraction of sp³-hybridized carbons (Fsp3) is 0.250. The summed E-state index contributed by atoms with van der Waals surface area (Å²) in [4.78, 5) is 0. The van der Waals surface area contributed by atoms with Gasteiger partial charge in [-0.3, -0.25) is 5.10 Å². The minimum atomic E-state index is 0.506. The first-order chi connectivity index (χ1) is 13.2. The minimum Gasteiger partial charge on any atom is -0.489 e. The Hall–Kier alpha value is -2.25. The molecule has 0 radical (unpaired) electrons. The standard InChI is InChI=1S/C20H21BrN4OS/c1-2-3-4-19-23-24-20(27)25(19)22-13-15-7-11-18(12-8-15)26-14-16-5-9-17(21)10-6-16/h5-13H,2-4,14H2,1H3,(H,24,27)/b22-13+. The maximum absolute atomic E-state index is 5.82. The van der Waals surface area contributed by atoms with E-state index in [4.69, 9.17) is 17.0 Å². The summed E-state index contributed by atoms with van der Waals surface area (Å²) in [5.41, 5.74) is 2.09. The molecule has 0 aliphatic carbocycles. The van der Waals surface area contributed by atoms with Crippen LogP contribution in [0.1, 0.15) is 36.7 Å². The number of hydrogen-bond donors (Lipinski definition) is 1. The van der Waals surface area contributed by atoms with E-state index in [1.807, 2.05) is 48.5 Å². The van der Waals surface area contributed by atoms with Gasteiger partial charge in [0.1, 0.15) is 12.4 Å². The van der Waals surface area contributed by atoms with Crippen molar-refractivity contribution in [3.8, 4) is 5.75 Å². The van der Waals surface area contributed by atoms with Gasteiger partial charge in [-0.05, 0) is 66.2 Å². The molecule has 0 aliphatic heterocycles. The van der Waals surface area contributed by atoms with Crippen molar-refractivity contribution in [1.29, 1.82) is 0 Å². The Morgan fingerprint density at radius 1 is 1.19 bits per heavy atom. The average molecular weight is 445 g/mol. The molecule has 1 N–H and O–H groups in total. The van der Waals surface area contributed by atoms with Crippen LogP contribution in [0, 0.1) is 4.77 Å².